The predicted molar refractivity (Wildman–Crippen MR) is 73.3 cm³/mol. The molecule has 1 aliphatic rings. The van der Waals surface area contributed by atoms with E-state index in [1.807, 2.05) is 6.07 Å². The highest BCUT2D eigenvalue weighted by atomic mass is 19.3. The summed E-state index contributed by atoms with van der Waals surface area (Å²) in [7, 11) is 1.44. The fourth-order valence-electron chi connectivity index (χ4n) is 2.67. The van der Waals surface area contributed by atoms with Crippen LogP contribution in [0, 0.1) is 5.92 Å². The average molecular weight is 285 g/mol. The summed E-state index contributed by atoms with van der Waals surface area (Å²) in [5.74, 6) is 1.17. The van der Waals surface area contributed by atoms with Crippen molar-refractivity contribution in [1.82, 2.24) is 5.32 Å². The Balaban J connectivity index is 1.97. The van der Waals surface area contributed by atoms with Crippen molar-refractivity contribution >= 4 is 0 Å². The van der Waals surface area contributed by atoms with Crippen molar-refractivity contribution < 1.29 is 18.3 Å². The van der Waals surface area contributed by atoms with Gasteiger partial charge in [-0.3, -0.25) is 0 Å². The molecule has 112 valence electrons. The lowest BCUT2D eigenvalue weighted by atomic mass is 10.1. The minimum absolute atomic E-state index is 0.0848. The van der Waals surface area contributed by atoms with Crippen molar-refractivity contribution in [2.24, 2.45) is 5.92 Å². The first-order valence-electron chi connectivity index (χ1n) is 6.93. The Bertz CT molecular complexity index is 440. The first-order valence-corrected chi connectivity index (χ1v) is 6.93. The highest BCUT2D eigenvalue weighted by Gasteiger charge is 2.20. The Hall–Kier alpha value is -1.36. The molecule has 5 heteroatoms. The van der Waals surface area contributed by atoms with Gasteiger partial charge in [-0.05, 0) is 42.9 Å². The molecule has 2 atom stereocenters. The molecule has 0 saturated heterocycles. The Kier molecular flexibility index (Phi) is 5.17. The second-order valence-electron chi connectivity index (χ2n) is 5.36. The first kappa shape index (κ1) is 15.0. The summed E-state index contributed by atoms with van der Waals surface area (Å²) in [6.07, 6.45) is 3.61. The molecule has 1 aromatic rings. The predicted octanol–water partition coefficient (Wildman–Crippen LogP) is 3.57. The lowest BCUT2D eigenvalue weighted by Crippen LogP contribution is -2.25. The molecular weight excluding hydrogens is 264 g/mol. The van der Waals surface area contributed by atoms with E-state index >= 15 is 0 Å². The summed E-state index contributed by atoms with van der Waals surface area (Å²) >= 11 is 0. The van der Waals surface area contributed by atoms with Gasteiger partial charge in [-0.1, -0.05) is 13.0 Å². The molecule has 0 aromatic heterocycles. The Morgan fingerprint density at radius 3 is 2.70 bits per heavy atom. The van der Waals surface area contributed by atoms with Gasteiger partial charge in [0, 0.05) is 12.6 Å². The normalized spacial score (nSPS) is 22.2. The third kappa shape index (κ3) is 4.07. The van der Waals surface area contributed by atoms with E-state index in [0.717, 1.165) is 11.5 Å². The van der Waals surface area contributed by atoms with Crippen molar-refractivity contribution in [3.63, 3.8) is 0 Å². The van der Waals surface area contributed by atoms with Gasteiger partial charge >= 0.3 is 6.61 Å². The van der Waals surface area contributed by atoms with Crippen molar-refractivity contribution in [3.05, 3.63) is 23.8 Å². The maximum absolute atomic E-state index is 12.3. The minimum atomic E-state index is -2.84. The molecule has 2 rings (SSSR count). The van der Waals surface area contributed by atoms with Crippen molar-refractivity contribution in [2.75, 3.05) is 7.11 Å². The highest BCUT2D eigenvalue weighted by molar-refractivity contribution is 5.43. The molecule has 20 heavy (non-hydrogen) atoms. The van der Waals surface area contributed by atoms with Crippen LogP contribution in [0.3, 0.4) is 0 Å². The molecule has 1 aliphatic carbocycles. The van der Waals surface area contributed by atoms with Gasteiger partial charge in [0.25, 0.3) is 0 Å². The zero-order valence-electron chi connectivity index (χ0n) is 11.9. The Morgan fingerprint density at radius 1 is 1.30 bits per heavy atom. The third-order valence-electron chi connectivity index (χ3n) is 3.73. The van der Waals surface area contributed by atoms with Gasteiger partial charge < -0.3 is 14.8 Å². The van der Waals surface area contributed by atoms with Gasteiger partial charge in [-0.15, -0.1) is 0 Å². The lowest BCUT2D eigenvalue weighted by molar-refractivity contribution is -0.0512. The average Bonchev–Trinajstić information content (AvgIpc) is 2.82. The second-order valence-corrected chi connectivity index (χ2v) is 5.36. The van der Waals surface area contributed by atoms with E-state index in [1.165, 1.54) is 26.4 Å². The number of hydrogen-bond donors (Lipinski definition) is 1. The Morgan fingerprint density at radius 2 is 2.10 bits per heavy atom. The van der Waals surface area contributed by atoms with Gasteiger partial charge in [-0.2, -0.15) is 8.78 Å². The molecule has 1 saturated carbocycles. The molecule has 0 radical (unpaired) electrons. The second kappa shape index (κ2) is 6.88. The van der Waals surface area contributed by atoms with Crippen molar-refractivity contribution in [3.8, 4) is 11.5 Å². The van der Waals surface area contributed by atoms with Crippen molar-refractivity contribution in [2.45, 2.75) is 45.4 Å². The summed E-state index contributed by atoms with van der Waals surface area (Å²) in [4.78, 5) is 0. The fraction of sp³-hybridized carbons (Fsp3) is 0.600. The van der Waals surface area contributed by atoms with Crippen LogP contribution >= 0.6 is 0 Å². The molecule has 0 aliphatic heterocycles. The van der Waals surface area contributed by atoms with Gasteiger partial charge in [0.2, 0.25) is 0 Å². The number of ether oxygens (including phenoxy) is 2. The standard InChI is InChI=1S/C15H21F2NO2/c1-10-3-5-12(7-10)18-9-11-4-6-13(19-2)14(8-11)20-15(16)17/h4,6,8,10,12,15,18H,3,5,7,9H2,1-2H3. The largest absolute Gasteiger partial charge is 0.493 e. The molecule has 1 N–H and O–H groups in total. The summed E-state index contributed by atoms with van der Waals surface area (Å²) in [5, 5.41) is 3.46. The molecular formula is C15H21F2NO2. The van der Waals surface area contributed by atoms with Gasteiger partial charge in [0.1, 0.15) is 0 Å². The number of alkyl halides is 2. The highest BCUT2D eigenvalue weighted by Crippen LogP contribution is 2.30. The molecule has 1 aromatic carbocycles. The van der Waals surface area contributed by atoms with Crippen LogP contribution in [0.1, 0.15) is 31.7 Å². The number of methoxy groups -OCH3 is 1. The molecule has 0 spiro atoms. The van der Waals surface area contributed by atoms with Crippen LogP contribution in [0.25, 0.3) is 0 Å². The van der Waals surface area contributed by atoms with Crippen LogP contribution in [0.15, 0.2) is 18.2 Å². The van der Waals surface area contributed by atoms with E-state index in [0.29, 0.717) is 18.3 Å². The fourth-order valence-corrected chi connectivity index (χ4v) is 2.67. The van der Waals surface area contributed by atoms with Crippen LogP contribution in [0.5, 0.6) is 11.5 Å². The summed E-state index contributed by atoms with van der Waals surface area (Å²) in [6, 6.07) is 5.65. The van der Waals surface area contributed by atoms with E-state index < -0.39 is 6.61 Å². The summed E-state index contributed by atoms with van der Waals surface area (Å²) in [6.45, 7) is 0.0627. The van der Waals surface area contributed by atoms with Gasteiger partial charge in [0.15, 0.2) is 11.5 Å². The van der Waals surface area contributed by atoms with E-state index in [4.69, 9.17) is 4.74 Å². The first-order chi connectivity index (χ1) is 9.58. The Labute approximate surface area is 118 Å². The lowest BCUT2D eigenvalue weighted by Gasteiger charge is -2.14. The zero-order valence-corrected chi connectivity index (χ0v) is 11.9. The van der Waals surface area contributed by atoms with Crippen LogP contribution in [-0.4, -0.2) is 19.8 Å². The van der Waals surface area contributed by atoms with Crippen LogP contribution in [0.4, 0.5) is 8.78 Å². The molecule has 1 fully saturated rings. The molecule has 0 bridgehead atoms. The monoisotopic (exact) mass is 285 g/mol. The smallest absolute Gasteiger partial charge is 0.387 e. The molecule has 0 amide bonds. The van der Waals surface area contributed by atoms with E-state index in [1.54, 1.807) is 12.1 Å². The van der Waals surface area contributed by atoms with E-state index in [-0.39, 0.29) is 5.75 Å². The van der Waals surface area contributed by atoms with Crippen LogP contribution in [-0.2, 0) is 6.54 Å². The topological polar surface area (TPSA) is 30.5 Å². The number of rotatable bonds is 6. The van der Waals surface area contributed by atoms with Gasteiger partial charge in [0.05, 0.1) is 7.11 Å². The third-order valence-corrected chi connectivity index (χ3v) is 3.73. The van der Waals surface area contributed by atoms with Crippen LogP contribution < -0.4 is 14.8 Å². The number of benzene rings is 1. The van der Waals surface area contributed by atoms with E-state index in [9.17, 15) is 8.78 Å². The summed E-state index contributed by atoms with van der Waals surface area (Å²) < 4.78 is 34.2. The maximum Gasteiger partial charge on any atom is 0.387 e. The molecule has 0 heterocycles. The van der Waals surface area contributed by atoms with E-state index in [2.05, 4.69) is 17.0 Å². The zero-order chi connectivity index (χ0) is 14.5. The maximum atomic E-state index is 12.3. The van der Waals surface area contributed by atoms with Crippen molar-refractivity contribution in [1.29, 1.82) is 0 Å². The SMILES string of the molecule is COc1ccc(CNC2CCC(C)C2)cc1OC(F)F. The number of halogens is 2. The minimum Gasteiger partial charge on any atom is -0.493 e. The number of nitrogens with one attached hydrogen (secondary N) is 1. The van der Waals surface area contributed by atoms with Gasteiger partial charge in [-0.25, -0.2) is 0 Å². The molecule has 2 unspecified atom stereocenters. The van der Waals surface area contributed by atoms with Crippen LogP contribution in [0.2, 0.25) is 0 Å². The number of hydrogen-bond acceptors (Lipinski definition) is 3. The summed E-state index contributed by atoms with van der Waals surface area (Å²) in [5.41, 5.74) is 0.918. The molecule has 3 nitrogen and oxygen atoms in total. The quantitative estimate of drug-likeness (QED) is 0.866.